The molecular formula is C12H15N3S. The third-order valence-corrected chi connectivity index (χ3v) is 4.57. The third kappa shape index (κ3) is 1.62. The first-order chi connectivity index (χ1) is 7.88. The Kier molecular flexibility index (Phi) is 2.61. The van der Waals surface area contributed by atoms with Crippen LogP contribution in [0.4, 0.5) is 0 Å². The normalized spacial score (nSPS) is 25.3. The molecule has 4 heteroatoms. The zero-order valence-corrected chi connectivity index (χ0v) is 9.91. The van der Waals surface area contributed by atoms with Crippen molar-refractivity contribution < 1.29 is 0 Å². The number of pyridine rings is 1. The van der Waals surface area contributed by atoms with E-state index < -0.39 is 0 Å². The molecule has 0 aromatic carbocycles. The predicted molar refractivity (Wildman–Crippen MR) is 66.6 cm³/mol. The minimum atomic E-state index is 0.573. The number of hydrogen-bond acceptors (Lipinski definition) is 4. The van der Waals surface area contributed by atoms with E-state index >= 15 is 0 Å². The van der Waals surface area contributed by atoms with Crippen molar-refractivity contribution in [2.75, 3.05) is 6.54 Å². The highest BCUT2D eigenvalue weighted by Crippen LogP contribution is 2.41. The molecule has 2 aromatic rings. The number of aromatic nitrogens is 2. The van der Waals surface area contributed by atoms with Crippen LogP contribution in [0.1, 0.15) is 30.2 Å². The standard InChI is InChI=1S/C12H15N3S/c13-7-8-3-1-4-9(8)11-15-10-5-2-6-14-12(10)16-11/h2,5-6,8-9H,1,3-4,7,13H2. The van der Waals surface area contributed by atoms with Gasteiger partial charge in [0, 0.05) is 12.1 Å². The molecule has 3 rings (SSSR count). The lowest BCUT2D eigenvalue weighted by Gasteiger charge is -2.14. The van der Waals surface area contributed by atoms with Crippen molar-refractivity contribution in [1.82, 2.24) is 9.97 Å². The van der Waals surface area contributed by atoms with Crippen LogP contribution in [0, 0.1) is 5.92 Å². The fourth-order valence-electron chi connectivity index (χ4n) is 2.59. The lowest BCUT2D eigenvalue weighted by Crippen LogP contribution is -2.16. The molecule has 3 nitrogen and oxygen atoms in total. The molecular weight excluding hydrogens is 218 g/mol. The average Bonchev–Trinajstić information content (AvgIpc) is 2.94. The van der Waals surface area contributed by atoms with Gasteiger partial charge in [-0.25, -0.2) is 9.97 Å². The molecule has 1 fully saturated rings. The van der Waals surface area contributed by atoms with Crippen molar-refractivity contribution >= 4 is 21.7 Å². The molecule has 0 aliphatic heterocycles. The van der Waals surface area contributed by atoms with E-state index in [1.807, 2.05) is 18.3 Å². The summed E-state index contributed by atoms with van der Waals surface area (Å²) in [5.41, 5.74) is 6.85. The third-order valence-electron chi connectivity index (χ3n) is 3.46. The minimum absolute atomic E-state index is 0.573. The van der Waals surface area contributed by atoms with E-state index in [1.165, 1.54) is 24.3 Å². The van der Waals surface area contributed by atoms with Crippen molar-refractivity contribution in [1.29, 1.82) is 0 Å². The fourth-order valence-corrected chi connectivity index (χ4v) is 3.72. The zero-order chi connectivity index (χ0) is 11.0. The van der Waals surface area contributed by atoms with Gasteiger partial charge in [0.15, 0.2) is 0 Å². The number of thiazole rings is 1. The lowest BCUT2D eigenvalue weighted by molar-refractivity contribution is 0.495. The van der Waals surface area contributed by atoms with E-state index in [4.69, 9.17) is 10.7 Å². The number of hydrogen-bond donors (Lipinski definition) is 1. The summed E-state index contributed by atoms with van der Waals surface area (Å²) in [5.74, 6) is 1.20. The van der Waals surface area contributed by atoms with Crippen molar-refractivity contribution in [3.05, 3.63) is 23.3 Å². The van der Waals surface area contributed by atoms with Crippen molar-refractivity contribution in [2.45, 2.75) is 25.2 Å². The average molecular weight is 233 g/mol. The molecule has 2 unspecified atom stereocenters. The summed E-state index contributed by atoms with van der Waals surface area (Å²) in [5, 5.41) is 1.24. The second-order valence-corrected chi connectivity index (χ2v) is 5.42. The molecule has 0 amide bonds. The first-order valence-corrected chi connectivity index (χ1v) is 6.61. The monoisotopic (exact) mass is 233 g/mol. The van der Waals surface area contributed by atoms with Gasteiger partial charge >= 0.3 is 0 Å². The van der Waals surface area contributed by atoms with E-state index in [0.717, 1.165) is 16.9 Å². The van der Waals surface area contributed by atoms with E-state index in [2.05, 4.69) is 4.98 Å². The Labute approximate surface area is 98.7 Å². The number of fused-ring (bicyclic) bond motifs is 1. The predicted octanol–water partition coefficient (Wildman–Crippen LogP) is 2.53. The maximum Gasteiger partial charge on any atom is 0.143 e. The van der Waals surface area contributed by atoms with Crippen molar-refractivity contribution in [3.8, 4) is 0 Å². The van der Waals surface area contributed by atoms with Crippen LogP contribution in [0.5, 0.6) is 0 Å². The largest absolute Gasteiger partial charge is 0.330 e. The van der Waals surface area contributed by atoms with Gasteiger partial charge < -0.3 is 5.73 Å². The van der Waals surface area contributed by atoms with Gasteiger partial charge in [0.2, 0.25) is 0 Å². The molecule has 2 heterocycles. The first-order valence-electron chi connectivity index (χ1n) is 5.80. The highest BCUT2D eigenvalue weighted by molar-refractivity contribution is 7.18. The van der Waals surface area contributed by atoms with Gasteiger partial charge in [-0.05, 0) is 37.4 Å². The summed E-state index contributed by atoms with van der Waals surface area (Å²) in [4.78, 5) is 10.1. The molecule has 1 aliphatic carbocycles. The molecule has 2 N–H and O–H groups in total. The zero-order valence-electron chi connectivity index (χ0n) is 9.10. The maximum absolute atomic E-state index is 5.82. The van der Waals surface area contributed by atoms with Gasteiger partial charge in [0.25, 0.3) is 0 Å². The Hall–Kier alpha value is -1.00. The topological polar surface area (TPSA) is 51.8 Å². The van der Waals surface area contributed by atoms with Crippen LogP contribution in [0.15, 0.2) is 18.3 Å². The number of nitrogens with two attached hydrogens (primary N) is 1. The van der Waals surface area contributed by atoms with E-state index in [0.29, 0.717) is 11.8 Å². The van der Waals surface area contributed by atoms with Crippen LogP contribution >= 0.6 is 11.3 Å². The van der Waals surface area contributed by atoms with Crippen LogP contribution in [0.25, 0.3) is 10.3 Å². The fraction of sp³-hybridized carbons (Fsp3) is 0.500. The molecule has 16 heavy (non-hydrogen) atoms. The molecule has 2 aromatic heterocycles. The van der Waals surface area contributed by atoms with E-state index in [9.17, 15) is 0 Å². The molecule has 1 aliphatic rings. The summed E-state index contributed by atoms with van der Waals surface area (Å²) in [7, 11) is 0. The van der Waals surface area contributed by atoms with Crippen LogP contribution in [0.3, 0.4) is 0 Å². The van der Waals surface area contributed by atoms with E-state index in [1.54, 1.807) is 11.3 Å². The van der Waals surface area contributed by atoms with Gasteiger partial charge in [0.1, 0.15) is 10.3 Å². The Balaban J connectivity index is 1.99. The maximum atomic E-state index is 5.82. The Morgan fingerprint density at radius 1 is 1.44 bits per heavy atom. The summed E-state index contributed by atoms with van der Waals surface area (Å²) in [6.45, 7) is 0.786. The van der Waals surface area contributed by atoms with Gasteiger partial charge in [-0.2, -0.15) is 0 Å². The quantitative estimate of drug-likeness (QED) is 0.867. The Bertz CT molecular complexity index is 461. The molecule has 0 radical (unpaired) electrons. The Morgan fingerprint density at radius 2 is 2.38 bits per heavy atom. The molecule has 0 spiro atoms. The van der Waals surface area contributed by atoms with Gasteiger partial charge in [-0.15, -0.1) is 0 Å². The Morgan fingerprint density at radius 3 is 3.19 bits per heavy atom. The number of rotatable bonds is 2. The molecule has 0 saturated heterocycles. The summed E-state index contributed by atoms with van der Waals surface area (Å²) < 4.78 is 0. The second-order valence-electron chi connectivity index (χ2n) is 4.41. The molecule has 2 atom stereocenters. The van der Waals surface area contributed by atoms with Crippen LogP contribution in [-0.4, -0.2) is 16.5 Å². The highest BCUT2D eigenvalue weighted by Gasteiger charge is 2.29. The minimum Gasteiger partial charge on any atom is -0.330 e. The number of nitrogens with zero attached hydrogens (tertiary/aromatic N) is 2. The van der Waals surface area contributed by atoms with Gasteiger partial charge in [-0.1, -0.05) is 17.8 Å². The van der Waals surface area contributed by atoms with Gasteiger partial charge in [-0.3, -0.25) is 0 Å². The summed E-state index contributed by atoms with van der Waals surface area (Å²) >= 11 is 1.74. The second kappa shape index (κ2) is 4.11. The smallest absolute Gasteiger partial charge is 0.143 e. The summed E-state index contributed by atoms with van der Waals surface area (Å²) in [6.07, 6.45) is 5.61. The molecule has 84 valence electrons. The molecule has 1 saturated carbocycles. The lowest BCUT2D eigenvalue weighted by atomic mass is 9.97. The van der Waals surface area contributed by atoms with E-state index in [-0.39, 0.29) is 0 Å². The van der Waals surface area contributed by atoms with Crippen LogP contribution in [-0.2, 0) is 0 Å². The van der Waals surface area contributed by atoms with Crippen LogP contribution in [0.2, 0.25) is 0 Å². The van der Waals surface area contributed by atoms with Crippen molar-refractivity contribution in [2.24, 2.45) is 11.7 Å². The first kappa shape index (κ1) is 10.2. The van der Waals surface area contributed by atoms with Gasteiger partial charge in [0.05, 0.1) is 5.01 Å². The SMILES string of the molecule is NCC1CCCC1c1nc2cccnc2s1. The van der Waals surface area contributed by atoms with Crippen LogP contribution < -0.4 is 5.73 Å². The molecule has 0 bridgehead atoms. The van der Waals surface area contributed by atoms with Crippen molar-refractivity contribution in [3.63, 3.8) is 0 Å². The summed E-state index contributed by atoms with van der Waals surface area (Å²) in [6, 6.07) is 3.98. The highest BCUT2D eigenvalue weighted by atomic mass is 32.1.